The summed E-state index contributed by atoms with van der Waals surface area (Å²) >= 11 is 0. The number of benzene rings is 1. The summed E-state index contributed by atoms with van der Waals surface area (Å²) in [7, 11) is 0. The molecule has 2 rings (SSSR count). The molecule has 23 heavy (non-hydrogen) atoms. The van der Waals surface area contributed by atoms with Crippen LogP contribution in [-0.4, -0.2) is 37.0 Å². The predicted molar refractivity (Wildman–Crippen MR) is 86.8 cm³/mol. The molecule has 6 nitrogen and oxygen atoms in total. The van der Waals surface area contributed by atoms with Gasteiger partial charge in [-0.3, -0.25) is 4.79 Å². The highest BCUT2D eigenvalue weighted by Crippen LogP contribution is 2.23. The normalized spacial score (nSPS) is 10.7. The van der Waals surface area contributed by atoms with Gasteiger partial charge in [-0.15, -0.1) is 0 Å². The topological polar surface area (TPSA) is 66.8 Å². The molecular weight excluding hydrogens is 298 g/mol. The maximum atomic E-state index is 12.5. The van der Waals surface area contributed by atoms with Gasteiger partial charge >= 0.3 is 5.97 Å². The van der Waals surface area contributed by atoms with Gasteiger partial charge in [0, 0.05) is 24.7 Å². The Morgan fingerprint density at radius 2 is 1.96 bits per heavy atom. The fourth-order valence-corrected chi connectivity index (χ4v) is 2.24. The average Bonchev–Trinajstić information content (AvgIpc) is 2.55. The molecule has 1 aromatic carbocycles. The van der Waals surface area contributed by atoms with E-state index in [0.29, 0.717) is 42.9 Å². The van der Waals surface area contributed by atoms with Crippen molar-refractivity contribution in [1.82, 2.24) is 4.57 Å². The number of rotatable bonds is 8. The number of aromatic nitrogens is 1. The molecule has 0 saturated heterocycles. The molecule has 6 heteroatoms. The molecule has 0 fully saturated rings. The van der Waals surface area contributed by atoms with Crippen LogP contribution < -0.4 is 10.3 Å². The Kier molecular flexibility index (Phi) is 6.17. The van der Waals surface area contributed by atoms with Crippen molar-refractivity contribution in [2.75, 3.05) is 26.4 Å². The van der Waals surface area contributed by atoms with Crippen molar-refractivity contribution in [3.63, 3.8) is 0 Å². The van der Waals surface area contributed by atoms with E-state index < -0.39 is 5.97 Å². The average molecular weight is 319 g/mol. The zero-order valence-electron chi connectivity index (χ0n) is 13.4. The Balaban J connectivity index is 2.22. The van der Waals surface area contributed by atoms with Crippen molar-refractivity contribution in [1.29, 1.82) is 0 Å². The standard InChI is InChI=1S/C17H21NO5/c1-3-21-11-10-18-9-8-13-14(17(18)20)6-5-7-15(13)23-12-16(19)22-4-2/h5-9H,3-4,10-12H2,1-2H3. The quantitative estimate of drug-likeness (QED) is 0.550. The van der Waals surface area contributed by atoms with Gasteiger partial charge in [-0.05, 0) is 32.0 Å². The lowest BCUT2D eigenvalue weighted by Gasteiger charge is -2.11. The van der Waals surface area contributed by atoms with Crippen molar-refractivity contribution in [2.24, 2.45) is 0 Å². The first-order valence-electron chi connectivity index (χ1n) is 7.65. The largest absolute Gasteiger partial charge is 0.481 e. The Bertz CT molecular complexity index is 722. The number of nitrogens with zero attached hydrogens (tertiary/aromatic N) is 1. The van der Waals surface area contributed by atoms with Crippen LogP contribution in [0.5, 0.6) is 5.75 Å². The lowest BCUT2D eigenvalue weighted by molar-refractivity contribution is -0.145. The minimum absolute atomic E-state index is 0.108. The molecule has 2 aromatic rings. The van der Waals surface area contributed by atoms with Crippen LogP contribution in [0.25, 0.3) is 10.8 Å². The van der Waals surface area contributed by atoms with Crippen LogP contribution in [0.15, 0.2) is 35.3 Å². The molecule has 124 valence electrons. The van der Waals surface area contributed by atoms with Crippen LogP contribution in [0.3, 0.4) is 0 Å². The first kappa shape index (κ1) is 17.0. The van der Waals surface area contributed by atoms with E-state index in [9.17, 15) is 9.59 Å². The molecule has 0 aliphatic rings. The highest BCUT2D eigenvalue weighted by atomic mass is 16.6. The number of carbonyl (C=O) groups is 1. The van der Waals surface area contributed by atoms with Crippen molar-refractivity contribution in [2.45, 2.75) is 20.4 Å². The first-order valence-corrected chi connectivity index (χ1v) is 7.65. The van der Waals surface area contributed by atoms with E-state index in [2.05, 4.69) is 0 Å². The number of ether oxygens (including phenoxy) is 3. The van der Waals surface area contributed by atoms with Crippen LogP contribution in [0.4, 0.5) is 0 Å². The van der Waals surface area contributed by atoms with E-state index in [4.69, 9.17) is 14.2 Å². The summed E-state index contributed by atoms with van der Waals surface area (Å²) < 4.78 is 17.2. The molecule has 0 atom stereocenters. The molecule has 0 bridgehead atoms. The smallest absolute Gasteiger partial charge is 0.344 e. The second-order valence-corrected chi connectivity index (χ2v) is 4.82. The van der Waals surface area contributed by atoms with Gasteiger partial charge in [0.05, 0.1) is 18.6 Å². The highest BCUT2D eigenvalue weighted by molar-refractivity contribution is 5.87. The van der Waals surface area contributed by atoms with Crippen molar-refractivity contribution >= 4 is 16.7 Å². The van der Waals surface area contributed by atoms with Crippen LogP contribution in [-0.2, 0) is 20.8 Å². The van der Waals surface area contributed by atoms with Gasteiger partial charge in [-0.25, -0.2) is 4.79 Å². The second-order valence-electron chi connectivity index (χ2n) is 4.82. The van der Waals surface area contributed by atoms with Gasteiger partial charge in [0.25, 0.3) is 5.56 Å². The monoisotopic (exact) mass is 319 g/mol. The summed E-state index contributed by atoms with van der Waals surface area (Å²) in [5.41, 5.74) is -0.108. The molecule has 0 amide bonds. The van der Waals surface area contributed by atoms with E-state index in [1.54, 1.807) is 35.9 Å². The van der Waals surface area contributed by atoms with E-state index in [0.717, 1.165) is 0 Å². The summed E-state index contributed by atoms with van der Waals surface area (Å²) in [5, 5.41) is 1.22. The first-order chi connectivity index (χ1) is 11.2. The fraction of sp³-hybridized carbons (Fsp3) is 0.412. The third-order valence-electron chi connectivity index (χ3n) is 3.31. The summed E-state index contributed by atoms with van der Waals surface area (Å²) in [4.78, 5) is 23.9. The molecular formula is C17H21NO5. The zero-order valence-corrected chi connectivity index (χ0v) is 13.4. The molecule has 0 N–H and O–H groups in total. The van der Waals surface area contributed by atoms with E-state index >= 15 is 0 Å². The van der Waals surface area contributed by atoms with E-state index in [1.807, 2.05) is 13.0 Å². The SMILES string of the molecule is CCOCCn1ccc2c(OCC(=O)OCC)cccc2c1=O. The lowest BCUT2D eigenvalue weighted by atomic mass is 10.1. The Labute approximate surface area is 134 Å². The Hall–Kier alpha value is -2.34. The maximum Gasteiger partial charge on any atom is 0.344 e. The molecule has 1 heterocycles. The van der Waals surface area contributed by atoms with Gasteiger partial charge in [0.2, 0.25) is 0 Å². The molecule has 0 radical (unpaired) electrons. The molecule has 0 aliphatic heterocycles. The van der Waals surface area contributed by atoms with E-state index in [1.165, 1.54) is 0 Å². The molecule has 0 saturated carbocycles. The molecule has 0 spiro atoms. The van der Waals surface area contributed by atoms with E-state index in [-0.39, 0.29) is 12.2 Å². The minimum atomic E-state index is -0.436. The maximum absolute atomic E-state index is 12.5. The summed E-state index contributed by atoms with van der Waals surface area (Å²) in [6, 6.07) is 7.01. The number of pyridine rings is 1. The molecule has 1 aromatic heterocycles. The fourth-order valence-electron chi connectivity index (χ4n) is 2.24. The summed E-state index contributed by atoms with van der Waals surface area (Å²) in [5.74, 6) is 0.0548. The number of carbonyl (C=O) groups excluding carboxylic acids is 1. The highest BCUT2D eigenvalue weighted by Gasteiger charge is 2.09. The number of fused-ring (bicyclic) bond motifs is 1. The number of esters is 1. The summed E-state index contributed by atoms with van der Waals surface area (Å²) in [6.45, 7) is 5.38. The van der Waals surface area contributed by atoms with Gasteiger partial charge in [-0.2, -0.15) is 0 Å². The predicted octanol–water partition coefficient (Wildman–Crippen LogP) is 1.98. The third-order valence-corrected chi connectivity index (χ3v) is 3.31. The lowest BCUT2D eigenvalue weighted by Crippen LogP contribution is -2.22. The van der Waals surface area contributed by atoms with Gasteiger partial charge in [-0.1, -0.05) is 6.07 Å². The third kappa shape index (κ3) is 4.32. The number of hydrogen-bond acceptors (Lipinski definition) is 5. The second kappa shape index (κ2) is 8.33. The van der Waals surface area contributed by atoms with Crippen molar-refractivity contribution < 1.29 is 19.0 Å². The molecule has 0 aliphatic carbocycles. The van der Waals surface area contributed by atoms with Crippen molar-refractivity contribution in [3.8, 4) is 5.75 Å². The van der Waals surface area contributed by atoms with Gasteiger partial charge < -0.3 is 18.8 Å². The van der Waals surface area contributed by atoms with Crippen LogP contribution in [0.2, 0.25) is 0 Å². The van der Waals surface area contributed by atoms with Crippen molar-refractivity contribution in [3.05, 3.63) is 40.8 Å². The Morgan fingerprint density at radius 3 is 2.70 bits per heavy atom. The number of hydrogen-bond donors (Lipinski definition) is 0. The van der Waals surface area contributed by atoms with Crippen LogP contribution in [0.1, 0.15) is 13.8 Å². The zero-order chi connectivity index (χ0) is 16.7. The molecule has 0 unspecified atom stereocenters. The Morgan fingerprint density at radius 1 is 1.13 bits per heavy atom. The minimum Gasteiger partial charge on any atom is -0.481 e. The van der Waals surface area contributed by atoms with Gasteiger partial charge in [0.15, 0.2) is 6.61 Å². The van der Waals surface area contributed by atoms with Crippen LogP contribution in [0, 0.1) is 0 Å². The van der Waals surface area contributed by atoms with Crippen LogP contribution >= 0.6 is 0 Å². The summed E-state index contributed by atoms with van der Waals surface area (Å²) in [6.07, 6.45) is 1.71. The van der Waals surface area contributed by atoms with Gasteiger partial charge in [0.1, 0.15) is 5.75 Å².